The van der Waals surface area contributed by atoms with E-state index in [4.69, 9.17) is 21.7 Å². The van der Waals surface area contributed by atoms with Crippen LogP contribution in [0, 0.1) is 19.8 Å². The van der Waals surface area contributed by atoms with Gasteiger partial charge in [0, 0.05) is 5.56 Å². The van der Waals surface area contributed by atoms with Crippen LogP contribution in [0.25, 0.3) is 0 Å². The van der Waals surface area contributed by atoms with Gasteiger partial charge in [-0.2, -0.15) is 0 Å². The molecule has 0 aromatic heterocycles. The maximum absolute atomic E-state index is 12.4. The highest BCUT2D eigenvalue weighted by Gasteiger charge is 2.12. The summed E-state index contributed by atoms with van der Waals surface area (Å²) < 4.78 is 11.9. The number of hydrazine groups is 1. The summed E-state index contributed by atoms with van der Waals surface area (Å²) in [6.45, 7) is 8.57. The fraction of sp³-hybridized carbons (Fsp3) is 0.348. The van der Waals surface area contributed by atoms with Gasteiger partial charge in [0.25, 0.3) is 11.8 Å². The van der Waals surface area contributed by atoms with Crippen molar-refractivity contribution in [2.45, 2.75) is 34.1 Å². The van der Waals surface area contributed by atoms with E-state index in [0.29, 0.717) is 34.1 Å². The molecule has 0 saturated heterocycles. The summed E-state index contributed by atoms with van der Waals surface area (Å²) >= 11 is 8.49. The Balaban J connectivity index is 1.77. The number of nitrogens with one attached hydrogen (secondary N) is 3. The van der Waals surface area contributed by atoms with E-state index in [1.807, 2.05) is 32.0 Å². The van der Waals surface area contributed by atoms with Gasteiger partial charge in [0.15, 0.2) is 11.7 Å². The molecular weight excluding hydrogens is 494 g/mol. The molecule has 2 rings (SSSR count). The Morgan fingerprint density at radius 3 is 2.34 bits per heavy atom. The van der Waals surface area contributed by atoms with Crippen molar-refractivity contribution in [2.75, 3.05) is 13.2 Å². The third-order valence-electron chi connectivity index (χ3n) is 4.25. The summed E-state index contributed by atoms with van der Waals surface area (Å²) in [5.41, 5.74) is 7.36. The van der Waals surface area contributed by atoms with Crippen LogP contribution in [0.15, 0.2) is 40.9 Å². The monoisotopic (exact) mass is 521 g/mol. The Kier molecular flexibility index (Phi) is 9.93. The Bertz CT molecular complexity index is 961. The van der Waals surface area contributed by atoms with E-state index in [1.165, 1.54) is 0 Å². The van der Waals surface area contributed by atoms with Gasteiger partial charge < -0.3 is 9.47 Å². The van der Waals surface area contributed by atoms with Crippen molar-refractivity contribution in [3.8, 4) is 11.5 Å². The molecular formula is C23H28BrN3O4S. The predicted molar refractivity (Wildman–Crippen MR) is 132 cm³/mol. The van der Waals surface area contributed by atoms with Crippen molar-refractivity contribution in [3.05, 3.63) is 57.6 Å². The van der Waals surface area contributed by atoms with E-state index in [-0.39, 0.29) is 11.7 Å². The minimum absolute atomic E-state index is 0.0388. The molecule has 0 aliphatic rings. The molecule has 0 radical (unpaired) electrons. The average molecular weight is 522 g/mol. The lowest BCUT2D eigenvalue weighted by Crippen LogP contribution is -2.49. The number of hydrogen-bond acceptors (Lipinski definition) is 5. The van der Waals surface area contributed by atoms with Crippen LogP contribution in [0.5, 0.6) is 11.5 Å². The largest absolute Gasteiger partial charge is 0.492 e. The summed E-state index contributed by atoms with van der Waals surface area (Å²) in [5, 5.41) is 2.47. The first-order valence-electron chi connectivity index (χ1n) is 10.2. The number of benzene rings is 2. The molecule has 0 fully saturated rings. The van der Waals surface area contributed by atoms with Crippen LogP contribution in [0.4, 0.5) is 0 Å². The number of rotatable bonds is 8. The molecule has 2 aromatic carbocycles. The fourth-order valence-electron chi connectivity index (χ4n) is 2.70. The third kappa shape index (κ3) is 8.84. The number of hydrogen-bond donors (Lipinski definition) is 3. The number of amides is 2. The minimum Gasteiger partial charge on any atom is -0.492 e. The van der Waals surface area contributed by atoms with E-state index in [9.17, 15) is 9.59 Å². The van der Waals surface area contributed by atoms with Crippen molar-refractivity contribution < 1.29 is 19.1 Å². The molecule has 0 saturated carbocycles. The van der Waals surface area contributed by atoms with Gasteiger partial charge in [-0.15, -0.1) is 0 Å². The lowest BCUT2D eigenvalue weighted by Gasteiger charge is -2.13. The number of carbonyl (C=O) groups excluding carboxylic acids is 2. The Morgan fingerprint density at radius 1 is 1.03 bits per heavy atom. The zero-order chi connectivity index (χ0) is 23.7. The van der Waals surface area contributed by atoms with Crippen molar-refractivity contribution >= 4 is 45.1 Å². The molecule has 0 atom stereocenters. The molecule has 0 unspecified atom stereocenters. The molecule has 3 N–H and O–H groups in total. The van der Waals surface area contributed by atoms with Crippen molar-refractivity contribution in [1.29, 1.82) is 0 Å². The van der Waals surface area contributed by atoms with Gasteiger partial charge in [-0.1, -0.05) is 19.9 Å². The van der Waals surface area contributed by atoms with E-state index < -0.39 is 11.8 Å². The SMILES string of the molecule is Cc1cc(C)cc(OCC(=O)NNC(=S)NC(=O)c2ccc(OCCC(C)C)c(Br)c2)c1. The normalized spacial score (nSPS) is 10.4. The van der Waals surface area contributed by atoms with Gasteiger partial charge in [-0.05, 0) is 95.8 Å². The molecule has 172 valence electrons. The standard InChI is InChI=1S/C23H28BrN3O4S/c1-14(2)7-8-30-20-6-5-17(12-19(20)24)22(29)25-23(32)27-26-21(28)13-31-18-10-15(3)9-16(4)11-18/h5-6,9-12,14H,7-8,13H2,1-4H3,(H,26,28)(H2,25,27,29,32). The first-order valence-corrected chi connectivity index (χ1v) is 11.4. The number of aryl methyl sites for hydroxylation is 2. The number of ether oxygens (including phenoxy) is 2. The van der Waals surface area contributed by atoms with Gasteiger partial charge in [-0.25, -0.2) is 0 Å². The second-order valence-electron chi connectivity index (χ2n) is 7.74. The first-order chi connectivity index (χ1) is 15.1. The molecule has 32 heavy (non-hydrogen) atoms. The lowest BCUT2D eigenvalue weighted by atomic mass is 10.1. The summed E-state index contributed by atoms with van der Waals surface area (Å²) in [6.07, 6.45) is 0.940. The molecule has 0 bridgehead atoms. The number of thiocarbonyl (C=S) groups is 1. The summed E-state index contributed by atoms with van der Waals surface area (Å²) in [6, 6.07) is 10.7. The minimum atomic E-state index is -0.439. The lowest BCUT2D eigenvalue weighted by molar-refractivity contribution is -0.123. The maximum atomic E-state index is 12.4. The summed E-state index contributed by atoms with van der Waals surface area (Å²) in [7, 11) is 0. The molecule has 2 amide bonds. The van der Waals surface area contributed by atoms with E-state index >= 15 is 0 Å². The van der Waals surface area contributed by atoms with E-state index in [1.54, 1.807) is 18.2 Å². The topological polar surface area (TPSA) is 88.7 Å². The average Bonchev–Trinajstić information content (AvgIpc) is 2.71. The third-order valence-corrected chi connectivity index (χ3v) is 5.08. The number of halogens is 1. The van der Waals surface area contributed by atoms with Gasteiger partial charge in [0.2, 0.25) is 0 Å². The Morgan fingerprint density at radius 2 is 1.72 bits per heavy atom. The molecule has 0 heterocycles. The van der Waals surface area contributed by atoms with Crippen LogP contribution in [0.3, 0.4) is 0 Å². The van der Waals surface area contributed by atoms with Gasteiger partial charge in [-0.3, -0.25) is 25.8 Å². The van der Waals surface area contributed by atoms with E-state index in [2.05, 4.69) is 45.9 Å². The first kappa shape index (κ1) is 25.6. The fourth-order valence-corrected chi connectivity index (χ4v) is 3.33. The van der Waals surface area contributed by atoms with Crippen LogP contribution >= 0.6 is 28.1 Å². The quantitative estimate of drug-likeness (QED) is 0.356. The predicted octanol–water partition coefficient (Wildman–Crippen LogP) is 4.21. The Labute approximate surface area is 202 Å². The van der Waals surface area contributed by atoms with Gasteiger partial charge in [0.05, 0.1) is 11.1 Å². The highest BCUT2D eigenvalue weighted by Crippen LogP contribution is 2.26. The smallest absolute Gasteiger partial charge is 0.276 e. The molecule has 7 nitrogen and oxygen atoms in total. The van der Waals surface area contributed by atoms with Crippen LogP contribution < -0.4 is 25.6 Å². The Hall–Kier alpha value is -2.65. The highest BCUT2D eigenvalue weighted by atomic mass is 79.9. The van der Waals surface area contributed by atoms with Gasteiger partial charge in [0.1, 0.15) is 11.5 Å². The van der Waals surface area contributed by atoms with Crippen LogP contribution in [-0.2, 0) is 4.79 Å². The molecule has 0 aliphatic carbocycles. The van der Waals surface area contributed by atoms with E-state index in [0.717, 1.165) is 17.5 Å². The zero-order valence-electron chi connectivity index (χ0n) is 18.6. The molecule has 0 spiro atoms. The van der Waals surface area contributed by atoms with Crippen molar-refractivity contribution in [2.24, 2.45) is 5.92 Å². The second-order valence-corrected chi connectivity index (χ2v) is 9.01. The van der Waals surface area contributed by atoms with Crippen LogP contribution in [-0.4, -0.2) is 30.1 Å². The molecule has 9 heteroatoms. The molecule has 0 aliphatic heterocycles. The van der Waals surface area contributed by atoms with Gasteiger partial charge >= 0.3 is 0 Å². The van der Waals surface area contributed by atoms with Crippen LogP contribution in [0.1, 0.15) is 41.8 Å². The van der Waals surface area contributed by atoms with Crippen molar-refractivity contribution in [1.82, 2.24) is 16.2 Å². The summed E-state index contributed by atoms with van der Waals surface area (Å²) in [4.78, 5) is 24.4. The molecule has 2 aromatic rings. The van der Waals surface area contributed by atoms with Crippen molar-refractivity contribution in [3.63, 3.8) is 0 Å². The second kappa shape index (κ2) is 12.4. The zero-order valence-corrected chi connectivity index (χ0v) is 21.0. The maximum Gasteiger partial charge on any atom is 0.276 e. The van der Waals surface area contributed by atoms with Crippen LogP contribution in [0.2, 0.25) is 0 Å². The highest BCUT2D eigenvalue weighted by molar-refractivity contribution is 9.10. The number of carbonyl (C=O) groups is 2. The summed E-state index contributed by atoms with van der Waals surface area (Å²) in [5.74, 6) is 0.963.